The number of benzene rings is 1. The number of anilines is 5. The molecule has 2 aromatic heterocycles. The predicted octanol–water partition coefficient (Wildman–Crippen LogP) is 5.16. The summed E-state index contributed by atoms with van der Waals surface area (Å²) in [6, 6.07) is 10.5. The first kappa shape index (κ1) is 26.7. The molecule has 1 aromatic carbocycles. The van der Waals surface area contributed by atoms with Crippen molar-refractivity contribution in [3.05, 3.63) is 59.7 Å². The number of nitrogens with zero attached hydrogens (tertiary/aromatic N) is 4. The van der Waals surface area contributed by atoms with Crippen LogP contribution in [0.4, 0.5) is 33.3 Å². The maximum Gasteiger partial charge on any atom is 0.237 e. The molecule has 0 spiro atoms. The Morgan fingerprint density at radius 3 is 2.41 bits per heavy atom. The molecule has 3 N–H and O–H groups in total. The van der Waals surface area contributed by atoms with Crippen LogP contribution in [0.5, 0.6) is 0 Å². The van der Waals surface area contributed by atoms with E-state index in [4.69, 9.17) is 0 Å². The van der Waals surface area contributed by atoms with Gasteiger partial charge in [0.15, 0.2) is 0 Å². The predicted molar refractivity (Wildman–Crippen MR) is 146 cm³/mol. The Bertz CT molecular complexity index is 1370. The third kappa shape index (κ3) is 6.53. The molecule has 0 unspecified atom stereocenters. The van der Waals surface area contributed by atoms with Gasteiger partial charge in [-0.3, -0.25) is 4.72 Å². The molecule has 0 amide bonds. The highest BCUT2D eigenvalue weighted by Gasteiger charge is 2.29. The Hall–Kier alpha value is -3.31. The van der Waals surface area contributed by atoms with Gasteiger partial charge >= 0.3 is 0 Å². The average Bonchev–Trinajstić information content (AvgIpc) is 2.81. The maximum atomic E-state index is 14.8. The minimum absolute atomic E-state index is 0.174. The largest absolute Gasteiger partial charge is 0.340 e. The number of piperidine rings is 1. The molecule has 3 aromatic rings. The zero-order valence-corrected chi connectivity index (χ0v) is 22.7. The van der Waals surface area contributed by atoms with Crippen LogP contribution in [0, 0.1) is 12.9 Å². The zero-order valence-electron chi connectivity index (χ0n) is 21.8. The number of hydrogen-bond acceptors (Lipinski definition) is 8. The second-order valence-electron chi connectivity index (χ2n) is 10.4. The minimum atomic E-state index is -3.56. The number of likely N-dealkylation sites (tertiary alicyclic amines) is 1. The van der Waals surface area contributed by atoms with Crippen molar-refractivity contribution < 1.29 is 12.8 Å². The van der Waals surface area contributed by atoms with Crippen LogP contribution in [0.15, 0.2) is 42.6 Å². The lowest BCUT2D eigenvalue weighted by atomic mass is 9.90. The topological polar surface area (TPSA) is 112 Å². The number of sulfonamides is 1. The van der Waals surface area contributed by atoms with Crippen LogP contribution in [-0.2, 0) is 10.0 Å². The first-order chi connectivity index (χ1) is 17.4. The molecule has 0 radical (unpaired) electrons. The third-order valence-electron chi connectivity index (χ3n) is 6.43. The summed E-state index contributed by atoms with van der Waals surface area (Å²) in [5, 5.41) is 6.19. The monoisotopic (exact) mass is 527 g/mol. The van der Waals surface area contributed by atoms with E-state index in [1.54, 1.807) is 57.3 Å². The molecule has 11 heteroatoms. The maximum absolute atomic E-state index is 14.8. The summed E-state index contributed by atoms with van der Waals surface area (Å²) in [5.74, 6) is 0.809. The van der Waals surface area contributed by atoms with Crippen molar-refractivity contribution in [1.82, 2.24) is 19.9 Å². The average molecular weight is 528 g/mol. The summed E-state index contributed by atoms with van der Waals surface area (Å²) in [7, 11) is -1.48. The van der Waals surface area contributed by atoms with E-state index in [1.165, 1.54) is 0 Å². The quantitative estimate of drug-likeness (QED) is 0.362. The van der Waals surface area contributed by atoms with Gasteiger partial charge in [-0.2, -0.15) is 9.37 Å². The van der Waals surface area contributed by atoms with Gasteiger partial charge in [-0.05, 0) is 90.9 Å². The van der Waals surface area contributed by atoms with Gasteiger partial charge in [-0.25, -0.2) is 18.4 Å². The third-order valence-corrected chi connectivity index (χ3v) is 8.55. The minimum Gasteiger partial charge on any atom is -0.340 e. The van der Waals surface area contributed by atoms with Crippen LogP contribution < -0.4 is 15.4 Å². The van der Waals surface area contributed by atoms with Gasteiger partial charge < -0.3 is 15.5 Å². The summed E-state index contributed by atoms with van der Waals surface area (Å²) < 4.78 is 41.5. The van der Waals surface area contributed by atoms with Crippen LogP contribution in [0.2, 0.25) is 0 Å². The Morgan fingerprint density at radius 1 is 1.03 bits per heavy atom. The molecule has 1 aliphatic rings. The number of aromatic nitrogens is 3. The fourth-order valence-electron chi connectivity index (χ4n) is 3.99. The summed E-state index contributed by atoms with van der Waals surface area (Å²) in [5.41, 5.74) is 2.51. The Kier molecular flexibility index (Phi) is 7.65. The molecule has 198 valence electrons. The standard InChI is InChI=1S/C26H34FN7O2S/c1-17-16-28-25(31-22-10-9-21(23(27)30-22)18-11-13-34(5)14-12-18)32-24(17)29-19-7-6-8-20(15-19)33-37(35,36)26(2,3)4/h6-10,15-16,18,33H,11-14H2,1-5H3,(H2,28,29,30,31,32). The smallest absolute Gasteiger partial charge is 0.237 e. The highest BCUT2D eigenvalue weighted by atomic mass is 32.2. The Morgan fingerprint density at radius 2 is 1.73 bits per heavy atom. The zero-order chi connectivity index (χ0) is 26.8. The van der Waals surface area contributed by atoms with Gasteiger partial charge in [0.25, 0.3) is 0 Å². The van der Waals surface area contributed by atoms with Crippen molar-refractivity contribution in [3.8, 4) is 0 Å². The SMILES string of the molecule is Cc1cnc(Nc2ccc(C3CCN(C)CC3)c(F)n2)nc1Nc1cccc(NS(=O)(=O)C(C)(C)C)c1. The second-order valence-corrected chi connectivity index (χ2v) is 12.9. The van der Waals surface area contributed by atoms with E-state index < -0.39 is 20.7 Å². The number of hydrogen-bond donors (Lipinski definition) is 3. The fourth-order valence-corrected chi connectivity index (χ4v) is 4.73. The molecule has 0 saturated carbocycles. The van der Waals surface area contributed by atoms with Crippen LogP contribution in [-0.4, -0.2) is 53.2 Å². The number of aryl methyl sites for hydroxylation is 1. The van der Waals surface area contributed by atoms with E-state index in [2.05, 4.69) is 42.3 Å². The number of nitrogens with one attached hydrogen (secondary N) is 3. The summed E-state index contributed by atoms with van der Waals surface area (Å²) in [6.07, 6.45) is 3.47. The lowest BCUT2D eigenvalue weighted by molar-refractivity contribution is 0.252. The van der Waals surface area contributed by atoms with Gasteiger partial charge in [0.05, 0.1) is 10.4 Å². The van der Waals surface area contributed by atoms with Crippen LogP contribution >= 0.6 is 0 Å². The van der Waals surface area contributed by atoms with E-state index in [-0.39, 0.29) is 11.9 Å². The molecular formula is C26H34FN7O2S. The van der Waals surface area contributed by atoms with Crippen molar-refractivity contribution in [2.75, 3.05) is 35.5 Å². The van der Waals surface area contributed by atoms with Crippen molar-refractivity contribution in [1.29, 1.82) is 0 Å². The number of halogens is 1. The highest BCUT2D eigenvalue weighted by molar-refractivity contribution is 7.94. The molecule has 1 aliphatic heterocycles. The molecule has 0 bridgehead atoms. The van der Waals surface area contributed by atoms with Gasteiger partial charge in [-0.1, -0.05) is 12.1 Å². The van der Waals surface area contributed by atoms with Gasteiger partial charge in [0.2, 0.25) is 21.9 Å². The van der Waals surface area contributed by atoms with E-state index in [1.807, 2.05) is 13.0 Å². The lowest BCUT2D eigenvalue weighted by Crippen LogP contribution is -2.33. The number of pyridine rings is 1. The van der Waals surface area contributed by atoms with Gasteiger partial charge in [-0.15, -0.1) is 0 Å². The van der Waals surface area contributed by atoms with E-state index in [0.29, 0.717) is 28.6 Å². The Balaban J connectivity index is 1.48. The van der Waals surface area contributed by atoms with Crippen LogP contribution in [0.1, 0.15) is 50.7 Å². The normalized spacial score (nSPS) is 15.4. The van der Waals surface area contributed by atoms with Gasteiger partial charge in [0.1, 0.15) is 11.6 Å². The Labute approximate surface area is 218 Å². The molecule has 1 saturated heterocycles. The lowest BCUT2D eigenvalue weighted by Gasteiger charge is -2.29. The summed E-state index contributed by atoms with van der Waals surface area (Å²) in [4.78, 5) is 15.2. The van der Waals surface area contributed by atoms with E-state index in [0.717, 1.165) is 31.5 Å². The number of rotatable bonds is 7. The van der Waals surface area contributed by atoms with Gasteiger partial charge in [0, 0.05) is 23.0 Å². The van der Waals surface area contributed by atoms with Crippen molar-refractivity contribution in [2.24, 2.45) is 0 Å². The van der Waals surface area contributed by atoms with E-state index >= 15 is 0 Å². The van der Waals surface area contributed by atoms with Crippen LogP contribution in [0.25, 0.3) is 0 Å². The highest BCUT2D eigenvalue weighted by Crippen LogP contribution is 2.30. The molecule has 9 nitrogen and oxygen atoms in total. The molecule has 0 aliphatic carbocycles. The molecule has 0 atom stereocenters. The summed E-state index contributed by atoms with van der Waals surface area (Å²) in [6.45, 7) is 8.66. The molecule has 3 heterocycles. The van der Waals surface area contributed by atoms with E-state index in [9.17, 15) is 12.8 Å². The molecule has 37 heavy (non-hydrogen) atoms. The van der Waals surface area contributed by atoms with Crippen molar-refractivity contribution in [2.45, 2.75) is 51.2 Å². The van der Waals surface area contributed by atoms with Crippen LogP contribution in [0.3, 0.4) is 0 Å². The molecule has 4 rings (SSSR count). The molecular weight excluding hydrogens is 493 g/mol. The van der Waals surface area contributed by atoms with Crippen molar-refractivity contribution in [3.63, 3.8) is 0 Å². The summed E-state index contributed by atoms with van der Waals surface area (Å²) >= 11 is 0. The first-order valence-electron chi connectivity index (χ1n) is 12.3. The first-order valence-corrected chi connectivity index (χ1v) is 13.7. The fraction of sp³-hybridized carbons (Fsp3) is 0.423. The van der Waals surface area contributed by atoms with Crippen molar-refractivity contribution >= 4 is 39.0 Å². The second kappa shape index (κ2) is 10.6. The molecule has 1 fully saturated rings.